The molecule has 31 heavy (non-hydrogen) atoms. The molecule has 0 saturated heterocycles. The summed E-state index contributed by atoms with van der Waals surface area (Å²) in [5, 5.41) is 21.1. The fraction of sp³-hybridized carbons (Fsp3) is 0.120. The van der Waals surface area contributed by atoms with Crippen molar-refractivity contribution in [3.05, 3.63) is 89.0 Å². The van der Waals surface area contributed by atoms with Gasteiger partial charge >= 0.3 is 12.1 Å². The Kier molecular flexibility index (Phi) is 5.59. The molecule has 154 valence electrons. The lowest BCUT2D eigenvalue weighted by molar-refractivity contribution is 0.0693. The van der Waals surface area contributed by atoms with Crippen LogP contribution < -0.4 is 5.32 Å². The second kappa shape index (κ2) is 8.64. The summed E-state index contributed by atoms with van der Waals surface area (Å²) in [7, 11) is 0. The molecule has 0 spiro atoms. The summed E-state index contributed by atoms with van der Waals surface area (Å²) in [5.74, 6) is 3.91. The maximum absolute atomic E-state index is 12.1. The van der Waals surface area contributed by atoms with Crippen LogP contribution in [0, 0.1) is 11.8 Å². The number of phenols is 1. The molecule has 4 rings (SSSR count). The van der Waals surface area contributed by atoms with E-state index in [0.29, 0.717) is 5.56 Å². The van der Waals surface area contributed by atoms with Crippen molar-refractivity contribution in [3.8, 4) is 28.7 Å². The van der Waals surface area contributed by atoms with E-state index < -0.39 is 12.1 Å². The minimum Gasteiger partial charge on any atom is -0.507 e. The summed E-state index contributed by atoms with van der Waals surface area (Å²) >= 11 is 0. The van der Waals surface area contributed by atoms with E-state index in [2.05, 4.69) is 41.4 Å². The Balaban J connectivity index is 1.35. The molecule has 0 fully saturated rings. The van der Waals surface area contributed by atoms with Crippen LogP contribution in [0.15, 0.2) is 66.7 Å². The van der Waals surface area contributed by atoms with Gasteiger partial charge in [0.05, 0.1) is 6.54 Å². The van der Waals surface area contributed by atoms with Crippen LogP contribution in [0.4, 0.5) is 4.79 Å². The molecule has 1 aliphatic carbocycles. The lowest BCUT2D eigenvalue weighted by atomic mass is 9.98. The third kappa shape index (κ3) is 4.21. The zero-order valence-electron chi connectivity index (χ0n) is 16.5. The Morgan fingerprint density at radius 2 is 1.61 bits per heavy atom. The predicted octanol–water partition coefficient (Wildman–Crippen LogP) is 3.98. The molecule has 0 heterocycles. The van der Waals surface area contributed by atoms with Crippen LogP contribution in [0.1, 0.15) is 33.0 Å². The third-order valence-electron chi connectivity index (χ3n) is 5.12. The number of nitrogens with one attached hydrogen (secondary N) is 1. The lowest BCUT2D eigenvalue weighted by Gasteiger charge is -2.14. The van der Waals surface area contributed by atoms with E-state index in [9.17, 15) is 14.7 Å². The molecule has 0 radical (unpaired) electrons. The Bertz CT molecular complexity index is 1180. The highest BCUT2D eigenvalue weighted by Gasteiger charge is 2.28. The van der Waals surface area contributed by atoms with E-state index in [4.69, 9.17) is 9.84 Å². The van der Waals surface area contributed by atoms with Gasteiger partial charge in [-0.15, -0.1) is 0 Å². The summed E-state index contributed by atoms with van der Waals surface area (Å²) in [6, 6.07) is 20.2. The average Bonchev–Trinajstić information content (AvgIpc) is 3.10. The van der Waals surface area contributed by atoms with Crippen molar-refractivity contribution in [1.82, 2.24) is 5.32 Å². The Morgan fingerprint density at radius 1 is 0.968 bits per heavy atom. The highest BCUT2D eigenvalue weighted by Crippen LogP contribution is 2.44. The van der Waals surface area contributed by atoms with E-state index in [1.165, 1.54) is 18.2 Å². The van der Waals surface area contributed by atoms with Gasteiger partial charge in [0, 0.05) is 11.5 Å². The Hall–Kier alpha value is -4.24. The highest BCUT2D eigenvalue weighted by molar-refractivity contribution is 5.91. The number of benzene rings is 3. The summed E-state index contributed by atoms with van der Waals surface area (Å²) in [6.07, 6.45) is -0.576. The van der Waals surface area contributed by atoms with Crippen molar-refractivity contribution in [1.29, 1.82) is 0 Å². The van der Waals surface area contributed by atoms with Crippen LogP contribution >= 0.6 is 0 Å². The number of carboxylic acid groups (broad SMARTS) is 1. The van der Waals surface area contributed by atoms with Crippen molar-refractivity contribution in [3.63, 3.8) is 0 Å². The molecule has 0 unspecified atom stereocenters. The molecule has 3 aromatic carbocycles. The number of hydrogen-bond acceptors (Lipinski definition) is 4. The Morgan fingerprint density at radius 3 is 2.26 bits per heavy atom. The fourth-order valence-electron chi connectivity index (χ4n) is 3.70. The molecule has 1 aliphatic rings. The molecule has 1 amide bonds. The fourth-order valence-corrected chi connectivity index (χ4v) is 3.70. The van der Waals surface area contributed by atoms with E-state index in [-0.39, 0.29) is 30.4 Å². The number of carbonyl (C=O) groups excluding carboxylic acids is 1. The number of fused-ring (bicyclic) bond motifs is 3. The summed E-state index contributed by atoms with van der Waals surface area (Å²) in [4.78, 5) is 23.2. The Labute approximate surface area is 179 Å². The summed E-state index contributed by atoms with van der Waals surface area (Å²) in [5.41, 5.74) is 4.79. The van der Waals surface area contributed by atoms with Gasteiger partial charge in [-0.3, -0.25) is 0 Å². The van der Waals surface area contributed by atoms with Crippen molar-refractivity contribution in [2.75, 3.05) is 13.2 Å². The molecule has 0 saturated carbocycles. The van der Waals surface area contributed by atoms with Crippen molar-refractivity contribution < 1.29 is 24.5 Å². The zero-order valence-corrected chi connectivity index (χ0v) is 16.5. The van der Waals surface area contributed by atoms with Crippen molar-refractivity contribution in [2.24, 2.45) is 0 Å². The van der Waals surface area contributed by atoms with E-state index >= 15 is 0 Å². The number of aromatic hydroxyl groups is 1. The lowest BCUT2D eigenvalue weighted by Crippen LogP contribution is -2.26. The molecule has 0 aliphatic heterocycles. The number of ether oxygens (including phenoxy) is 1. The van der Waals surface area contributed by atoms with Crippen LogP contribution in [-0.2, 0) is 4.74 Å². The van der Waals surface area contributed by atoms with Crippen LogP contribution in [0.5, 0.6) is 5.75 Å². The predicted molar refractivity (Wildman–Crippen MR) is 115 cm³/mol. The molecule has 6 heteroatoms. The van der Waals surface area contributed by atoms with E-state index in [1.54, 1.807) is 0 Å². The number of carbonyl (C=O) groups is 2. The maximum Gasteiger partial charge on any atom is 0.407 e. The molecular weight excluding hydrogens is 394 g/mol. The highest BCUT2D eigenvalue weighted by atomic mass is 16.5. The normalized spacial score (nSPS) is 11.6. The molecule has 0 atom stereocenters. The SMILES string of the molecule is O=C(NCC#Cc1ccc(O)c(C(=O)O)c1)OCC1c2ccccc2-c2ccccc21. The van der Waals surface area contributed by atoms with Crippen LogP contribution in [0.3, 0.4) is 0 Å². The maximum atomic E-state index is 12.1. The molecule has 3 aromatic rings. The molecule has 6 nitrogen and oxygen atoms in total. The van der Waals surface area contributed by atoms with Gasteiger partial charge in [0.2, 0.25) is 0 Å². The van der Waals surface area contributed by atoms with Crippen molar-refractivity contribution in [2.45, 2.75) is 5.92 Å². The smallest absolute Gasteiger partial charge is 0.407 e. The number of carboxylic acids is 1. The topological polar surface area (TPSA) is 95.9 Å². The first kappa shape index (κ1) is 20.0. The van der Waals surface area contributed by atoms with Gasteiger partial charge in [-0.2, -0.15) is 0 Å². The first-order valence-corrected chi connectivity index (χ1v) is 9.68. The van der Waals surface area contributed by atoms with E-state index in [1.807, 2.05) is 24.3 Å². The monoisotopic (exact) mass is 413 g/mol. The van der Waals surface area contributed by atoms with Crippen LogP contribution in [0.25, 0.3) is 11.1 Å². The third-order valence-corrected chi connectivity index (χ3v) is 5.12. The van der Waals surface area contributed by atoms with Crippen molar-refractivity contribution >= 4 is 12.1 Å². The van der Waals surface area contributed by atoms with Gasteiger partial charge in [0.1, 0.15) is 17.9 Å². The number of alkyl carbamates (subject to hydrolysis) is 1. The number of rotatable bonds is 4. The van der Waals surface area contributed by atoms with Gasteiger partial charge in [-0.05, 0) is 40.5 Å². The summed E-state index contributed by atoms with van der Waals surface area (Å²) in [6.45, 7) is 0.257. The first-order valence-electron chi connectivity index (χ1n) is 9.68. The van der Waals surface area contributed by atoms with E-state index in [0.717, 1.165) is 22.3 Å². The van der Waals surface area contributed by atoms with Gasteiger partial charge in [-0.25, -0.2) is 9.59 Å². The molecule has 0 aromatic heterocycles. The van der Waals surface area contributed by atoms with Gasteiger partial charge in [-0.1, -0.05) is 60.4 Å². The average molecular weight is 413 g/mol. The second-order valence-corrected chi connectivity index (χ2v) is 7.02. The minimum atomic E-state index is -1.24. The first-order chi connectivity index (χ1) is 15.0. The molecule has 3 N–H and O–H groups in total. The quantitative estimate of drug-likeness (QED) is 0.563. The second-order valence-electron chi connectivity index (χ2n) is 7.02. The van der Waals surface area contributed by atoms with Gasteiger partial charge in [0.25, 0.3) is 0 Å². The minimum absolute atomic E-state index is 0.0179. The summed E-state index contributed by atoms with van der Waals surface area (Å²) < 4.78 is 5.43. The van der Waals surface area contributed by atoms with Gasteiger partial charge < -0.3 is 20.3 Å². The van der Waals surface area contributed by atoms with Crippen LogP contribution in [-0.4, -0.2) is 35.4 Å². The van der Waals surface area contributed by atoms with Gasteiger partial charge in [0.15, 0.2) is 0 Å². The molecule has 0 bridgehead atoms. The number of aromatic carboxylic acids is 1. The van der Waals surface area contributed by atoms with Crippen LogP contribution in [0.2, 0.25) is 0 Å². The largest absolute Gasteiger partial charge is 0.507 e. The number of hydrogen-bond donors (Lipinski definition) is 3. The molecular formula is C25H19NO5. The number of amides is 1. The standard InChI is InChI=1S/C25H19NO5/c27-23-12-11-16(14-21(23)24(28)29)6-5-13-26-25(30)31-15-22-19-9-3-1-7-17(19)18-8-2-4-10-20(18)22/h1-4,7-12,14,22,27H,13,15H2,(H,26,30)(H,28,29). The zero-order chi connectivity index (χ0) is 21.8.